The lowest BCUT2D eigenvalue weighted by Gasteiger charge is -2.11. The number of allylic oxidation sites excluding steroid dienone is 3. The first-order valence-electron chi connectivity index (χ1n) is 7.48. The van der Waals surface area contributed by atoms with Crippen LogP contribution < -0.4 is 5.73 Å². The van der Waals surface area contributed by atoms with Crippen molar-refractivity contribution in [2.24, 2.45) is 0 Å². The van der Waals surface area contributed by atoms with Crippen LogP contribution >= 0.6 is 34.8 Å². The fraction of sp³-hybridized carbons (Fsp3) is 0.105. The van der Waals surface area contributed by atoms with Crippen LogP contribution in [0.1, 0.15) is 34.9 Å². The molecule has 1 heterocycles. The zero-order valence-electron chi connectivity index (χ0n) is 13.8. The molecule has 26 heavy (non-hydrogen) atoms. The standard InChI is InChI=1S/C19H11Cl3N4/c1-8-12(4-10-3-11(20)5-15(21)17(10)22)16-9(2)14(7-24)19(25)26-18(16)13(8)6-23/h3-5H,1-2H3,(H2,25,26)/b12-4+. The van der Waals surface area contributed by atoms with Gasteiger partial charge < -0.3 is 5.73 Å². The van der Waals surface area contributed by atoms with Gasteiger partial charge in [0.15, 0.2) is 0 Å². The maximum absolute atomic E-state index is 9.57. The van der Waals surface area contributed by atoms with Gasteiger partial charge in [-0.25, -0.2) is 4.98 Å². The minimum absolute atomic E-state index is 0.106. The Morgan fingerprint density at radius 1 is 1.12 bits per heavy atom. The monoisotopic (exact) mass is 400 g/mol. The fourth-order valence-electron chi connectivity index (χ4n) is 3.03. The second kappa shape index (κ2) is 6.67. The lowest BCUT2D eigenvalue weighted by atomic mass is 9.95. The first kappa shape index (κ1) is 18.3. The molecule has 2 aromatic rings. The van der Waals surface area contributed by atoms with Gasteiger partial charge in [0.2, 0.25) is 0 Å². The SMILES string of the molecule is CC1=C(C#N)c2nc(N)c(C#N)c(C)c2/C1=C/c1cc(Cl)cc(Cl)c1Cl. The van der Waals surface area contributed by atoms with Crippen LogP contribution in [-0.4, -0.2) is 4.98 Å². The zero-order valence-corrected chi connectivity index (χ0v) is 16.1. The lowest BCUT2D eigenvalue weighted by molar-refractivity contribution is 1.22. The molecule has 3 rings (SSSR count). The number of halogens is 3. The Bertz CT molecular complexity index is 1120. The Kier molecular flexibility index (Phi) is 4.69. The summed E-state index contributed by atoms with van der Waals surface area (Å²) in [4.78, 5) is 4.29. The Morgan fingerprint density at radius 2 is 1.81 bits per heavy atom. The van der Waals surface area contributed by atoms with E-state index in [1.807, 2.05) is 6.92 Å². The van der Waals surface area contributed by atoms with Gasteiger partial charge in [0.1, 0.15) is 18.0 Å². The molecule has 7 heteroatoms. The molecular formula is C19H11Cl3N4. The number of hydrogen-bond donors (Lipinski definition) is 1. The van der Waals surface area contributed by atoms with Gasteiger partial charge in [-0.15, -0.1) is 0 Å². The van der Waals surface area contributed by atoms with E-state index in [0.29, 0.717) is 43.0 Å². The van der Waals surface area contributed by atoms with Crippen molar-refractivity contribution in [3.8, 4) is 12.1 Å². The van der Waals surface area contributed by atoms with Crippen molar-refractivity contribution >= 4 is 57.8 Å². The van der Waals surface area contributed by atoms with Gasteiger partial charge in [0.25, 0.3) is 0 Å². The predicted molar refractivity (Wildman–Crippen MR) is 106 cm³/mol. The molecule has 0 saturated heterocycles. The van der Waals surface area contributed by atoms with Gasteiger partial charge in [0.05, 0.1) is 26.9 Å². The van der Waals surface area contributed by atoms with Crippen molar-refractivity contribution in [3.63, 3.8) is 0 Å². The van der Waals surface area contributed by atoms with E-state index < -0.39 is 0 Å². The largest absolute Gasteiger partial charge is 0.383 e. The molecule has 0 unspecified atom stereocenters. The third-order valence-corrected chi connectivity index (χ3v) is 5.34. The molecule has 1 aliphatic rings. The highest BCUT2D eigenvalue weighted by molar-refractivity contribution is 6.44. The van der Waals surface area contributed by atoms with E-state index >= 15 is 0 Å². The maximum Gasteiger partial charge on any atom is 0.142 e. The van der Waals surface area contributed by atoms with Crippen LogP contribution in [0.25, 0.3) is 17.2 Å². The summed E-state index contributed by atoms with van der Waals surface area (Å²) >= 11 is 18.5. The second-order valence-electron chi connectivity index (χ2n) is 5.79. The fourth-order valence-corrected chi connectivity index (χ4v) is 3.70. The number of aromatic nitrogens is 1. The average Bonchev–Trinajstić information content (AvgIpc) is 2.84. The molecule has 128 valence electrons. The van der Waals surface area contributed by atoms with E-state index in [4.69, 9.17) is 40.5 Å². The van der Waals surface area contributed by atoms with Gasteiger partial charge in [-0.1, -0.05) is 34.8 Å². The molecule has 1 aromatic carbocycles. The predicted octanol–water partition coefficient (Wildman–Crippen LogP) is 5.66. The Hall–Kier alpha value is -2.50. The van der Waals surface area contributed by atoms with Crippen LogP contribution in [0.3, 0.4) is 0 Å². The van der Waals surface area contributed by atoms with Crippen molar-refractivity contribution in [1.29, 1.82) is 10.5 Å². The van der Waals surface area contributed by atoms with E-state index in [9.17, 15) is 10.5 Å². The zero-order chi connectivity index (χ0) is 19.2. The first-order chi connectivity index (χ1) is 12.3. The van der Waals surface area contributed by atoms with Crippen LogP contribution in [0, 0.1) is 29.6 Å². The summed E-state index contributed by atoms with van der Waals surface area (Å²) in [5, 5.41) is 20.1. The average molecular weight is 402 g/mol. The smallest absolute Gasteiger partial charge is 0.142 e. The van der Waals surface area contributed by atoms with E-state index in [0.717, 1.165) is 11.1 Å². The number of nitrogens with zero attached hydrogens (tertiary/aromatic N) is 3. The highest BCUT2D eigenvalue weighted by Gasteiger charge is 2.29. The molecule has 0 radical (unpaired) electrons. The summed E-state index contributed by atoms with van der Waals surface area (Å²) in [5.74, 6) is 0.106. The number of nitrogen functional groups attached to an aromatic ring is 1. The van der Waals surface area contributed by atoms with Crippen LogP contribution in [0.5, 0.6) is 0 Å². The molecule has 1 aliphatic carbocycles. The second-order valence-corrected chi connectivity index (χ2v) is 7.01. The van der Waals surface area contributed by atoms with Gasteiger partial charge in [-0.2, -0.15) is 10.5 Å². The summed E-state index contributed by atoms with van der Waals surface area (Å²) in [5.41, 5.74) is 10.5. The molecule has 0 amide bonds. The maximum atomic E-state index is 9.57. The Labute approximate surface area is 165 Å². The molecule has 0 atom stereocenters. The van der Waals surface area contributed by atoms with Crippen LogP contribution in [-0.2, 0) is 0 Å². The molecule has 2 N–H and O–H groups in total. The quantitative estimate of drug-likeness (QED) is 0.625. The van der Waals surface area contributed by atoms with E-state index in [2.05, 4.69) is 17.1 Å². The Morgan fingerprint density at radius 3 is 2.42 bits per heavy atom. The molecule has 1 aromatic heterocycles. The summed E-state index contributed by atoms with van der Waals surface area (Å²) in [7, 11) is 0. The molecule has 0 fully saturated rings. The summed E-state index contributed by atoms with van der Waals surface area (Å²) in [6.07, 6.45) is 1.80. The minimum atomic E-state index is 0.106. The Balaban J connectivity index is 2.38. The van der Waals surface area contributed by atoms with E-state index in [1.54, 1.807) is 25.1 Å². The van der Waals surface area contributed by atoms with E-state index in [1.165, 1.54) is 0 Å². The topological polar surface area (TPSA) is 86.5 Å². The van der Waals surface area contributed by atoms with Gasteiger partial charge in [-0.3, -0.25) is 0 Å². The van der Waals surface area contributed by atoms with Crippen molar-refractivity contribution in [2.45, 2.75) is 13.8 Å². The molecule has 0 saturated carbocycles. The number of rotatable bonds is 1. The summed E-state index contributed by atoms with van der Waals surface area (Å²) < 4.78 is 0. The van der Waals surface area contributed by atoms with Crippen molar-refractivity contribution in [2.75, 3.05) is 5.73 Å². The lowest BCUT2D eigenvalue weighted by Crippen LogP contribution is -2.03. The van der Waals surface area contributed by atoms with Gasteiger partial charge in [-0.05, 0) is 54.3 Å². The van der Waals surface area contributed by atoms with Crippen molar-refractivity contribution < 1.29 is 0 Å². The molecule has 0 aliphatic heterocycles. The van der Waals surface area contributed by atoms with Crippen LogP contribution in [0.15, 0.2) is 17.7 Å². The minimum Gasteiger partial charge on any atom is -0.383 e. The molecule has 0 spiro atoms. The number of anilines is 1. The highest BCUT2D eigenvalue weighted by atomic mass is 35.5. The summed E-state index contributed by atoms with van der Waals surface area (Å²) in [6.45, 7) is 3.59. The van der Waals surface area contributed by atoms with Crippen LogP contribution in [0.2, 0.25) is 15.1 Å². The third kappa shape index (κ3) is 2.73. The molecule has 4 nitrogen and oxygen atoms in total. The number of nitrogens with two attached hydrogens (primary N) is 1. The number of pyridine rings is 1. The summed E-state index contributed by atoms with van der Waals surface area (Å²) in [6, 6.07) is 7.48. The highest BCUT2D eigenvalue weighted by Crippen LogP contribution is 2.45. The van der Waals surface area contributed by atoms with Gasteiger partial charge in [0, 0.05) is 10.6 Å². The molecular weight excluding hydrogens is 391 g/mol. The first-order valence-corrected chi connectivity index (χ1v) is 8.62. The number of fused-ring (bicyclic) bond motifs is 1. The van der Waals surface area contributed by atoms with Crippen LogP contribution in [0.4, 0.5) is 5.82 Å². The van der Waals surface area contributed by atoms with E-state index in [-0.39, 0.29) is 11.4 Å². The van der Waals surface area contributed by atoms with Gasteiger partial charge >= 0.3 is 0 Å². The number of benzene rings is 1. The number of nitriles is 2. The van der Waals surface area contributed by atoms with Crippen molar-refractivity contribution in [1.82, 2.24) is 4.98 Å². The number of hydrogen-bond acceptors (Lipinski definition) is 4. The third-order valence-electron chi connectivity index (χ3n) is 4.30. The molecule has 0 bridgehead atoms. The van der Waals surface area contributed by atoms with Crippen molar-refractivity contribution in [3.05, 3.63) is 60.7 Å². The normalized spacial score (nSPS) is 14.3.